The number of amides is 1. The van der Waals surface area contributed by atoms with Gasteiger partial charge >= 0.3 is 0 Å². The number of likely N-dealkylation sites (tertiary alicyclic amines) is 1. The van der Waals surface area contributed by atoms with E-state index in [-0.39, 0.29) is 5.57 Å². The van der Waals surface area contributed by atoms with Crippen LogP contribution in [-0.4, -0.2) is 23.9 Å². The molecule has 1 aliphatic heterocycles. The second-order valence-electron chi connectivity index (χ2n) is 6.02. The summed E-state index contributed by atoms with van der Waals surface area (Å²) < 4.78 is 0. The topological polar surface area (TPSA) is 56.1 Å². The molecule has 0 spiro atoms. The Morgan fingerprint density at radius 2 is 2.09 bits per heavy atom. The van der Waals surface area contributed by atoms with Crippen molar-refractivity contribution >= 4 is 23.2 Å². The lowest BCUT2D eigenvalue weighted by atomic mass is 9.92. The minimum Gasteiger partial charge on any atom is -0.376 e. The molecule has 1 heterocycles. The Hall–Kier alpha value is -1.99. The number of hydrogen-bond acceptors (Lipinski definition) is 3. The molecule has 1 saturated heterocycles. The molecule has 0 aromatic heterocycles. The molecule has 1 aromatic rings. The zero-order chi connectivity index (χ0) is 16.1. The van der Waals surface area contributed by atoms with E-state index in [1.807, 2.05) is 6.07 Å². The zero-order valence-corrected chi connectivity index (χ0v) is 13.6. The third-order valence-electron chi connectivity index (χ3n) is 3.66. The molecule has 1 aliphatic rings. The van der Waals surface area contributed by atoms with Crippen molar-refractivity contribution in [2.24, 2.45) is 11.8 Å². The monoisotopic (exact) mass is 317 g/mol. The van der Waals surface area contributed by atoms with Gasteiger partial charge in [-0.15, -0.1) is 0 Å². The lowest BCUT2D eigenvalue weighted by molar-refractivity contribution is -0.112. The number of piperidine rings is 1. The quantitative estimate of drug-likeness (QED) is 0.683. The molecule has 0 bridgehead atoms. The number of nitrogens with zero attached hydrogens (tertiary/aromatic N) is 2. The molecule has 0 unspecified atom stereocenters. The van der Waals surface area contributed by atoms with Crippen LogP contribution in [0, 0.1) is 23.2 Å². The lowest BCUT2D eigenvalue weighted by Gasteiger charge is -2.34. The number of halogens is 1. The van der Waals surface area contributed by atoms with Gasteiger partial charge in [0, 0.05) is 30.0 Å². The van der Waals surface area contributed by atoms with Crippen molar-refractivity contribution in [3.63, 3.8) is 0 Å². The normalized spacial score (nSPS) is 22.1. The van der Waals surface area contributed by atoms with Gasteiger partial charge < -0.3 is 10.2 Å². The maximum atomic E-state index is 12.2. The minimum atomic E-state index is -0.407. The first-order valence-corrected chi connectivity index (χ1v) is 7.78. The summed E-state index contributed by atoms with van der Waals surface area (Å²) in [7, 11) is 0. The molecule has 1 N–H and O–H groups in total. The number of carbonyl (C=O) groups is 1. The molecule has 1 fully saturated rings. The first-order chi connectivity index (χ1) is 10.5. The molecular formula is C17H20ClN3O. The molecule has 0 saturated carbocycles. The maximum Gasteiger partial charge on any atom is 0.267 e. The number of rotatable bonds is 3. The van der Waals surface area contributed by atoms with E-state index in [1.165, 1.54) is 6.42 Å². The van der Waals surface area contributed by atoms with Crippen LogP contribution in [0.1, 0.15) is 20.3 Å². The molecule has 2 rings (SSSR count). The first-order valence-electron chi connectivity index (χ1n) is 7.41. The predicted molar refractivity (Wildman–Crippen MR) is 88.3 cm³/mol. The molecule has 116 valence electrons. The fourth-order valence-electron chi connectivity index (χ4n) is 2.90. The molecule has 1 aromatic carbocycles. The van der Waals surface area contributed by atoms with E-state index in [2.05, 4.69) is 24.1 Å². The van der Waals surface area contributed by atoms with Crippen LogP contribution in [0.25, 0.3) is 0 Å². The van der Waals surface area contributed by atoms with Gasteiger partial charge in [-0.25, -0.2) is 0 Å². The highest BCUT2D eigenvalue weighted by Crippen LogP contribution is 2.22. The maximum absolute atomic E-state index is 12.2. The van der Waals surface area contributed by atoms with Crippen LogP contribution in [0.2, 0.25) is 5.02 Å². The standard InChI is InChI=1S/C17H20ClN3O/c1-12-6-13(2)10-21(9-12)11-14(8-19)17(22)20-16-5-3-4-15(18)7-16/h3-5,7,11-13H,6,9-10H2,1-2H3,(H,20,22)/b14-11+/t12-,13+. The van der Waals surface area contributed by atoms with Crippen molar-refractivity contribution in [3.8, 4) is 6.07 Å². The third kappa shape index (κ3) is 4.51. The Kier molecular flexibility index (Phi) is 5.46. The zero-order valence-electron chi connectivity index (χ0n) is 12.8. The third-order valence-corrected chi connectivity index (χ3v) is 3.89. The van der Waals surface area contributed by atoms with Crippen LogP contribution in [0.5, 0.6) is 0 Å². The second kappa shape index (κ2) is 7.33. The van der Waals surface area contributed by atoms with Crippen molar-refractivity contribution in [1.82, 2.24) is 4.90 Å². The number of nitrogens with one attached hydrogen (secondary N) is 1. The molecule has 1 amide bonds. The molecule has 5 heteroatoms. The molecule has 2 atom stereocenters. The van der Waals surface area contributed by atoms with E-state index >= 15 is 0 Å². The van der Waals surface area contributed by atoms with Crippen molar-refractivity contribution in [2.75, 3.05) is 18.4 Å². The van der Waals surface area contributed by atoms with Gasteiger partial charge in [-0.05, 0) is 36.5 Å². The summed E-state index contributed by atoms with van der Waals surface area (Å²) in [6.45, 7) is 6.13. The van der Waals surface area contributed by atoms with Crippen LogP contribution in [0.15, 0.2) is 36.0 Å². The molecular weight excluding hydrogens is 298 g/mol. The summed E-state index contributed by atoms with van der Waals surface area (Å²) in [5, 5.41) is 12.5. The van der Waals surface area contributed by atoms with Gasteiger partial charge in [0.1, 0.15) is 11.6 Å². The van der Waals surface area contributed by atoms with Gasteiger partial charge in [0.25, 0.3) is 5.91 Å². The van der Waals surface area contributed by atoms with Crippen molar-refractivity contribution < 1.29 is 4.79 Å². The van der Waals surface area contributed by atoms with Crippen LogP contribution in [-0.2, 0) is 4.79 Å². The minimum absolute atomic E-state index is 0.112. The Bertz CT molecular complexity index is 611. The Labute approximate surface area is 136 Å². The number of carbonyl (C=O) groups excluding carboxylic acids is 1. The summed E-state index contributed by atoms with van der Waals surface area (Å²) in [4.78, 5) is 14.3. The molecule has 0 radical (unpaired) electrons. The van der Waals surface area contributed by atoms with E-state index in [9.17, 15) is 10.1 Å². The largest absolute Gasteiger partial charge is 0.376 e. The fourth-order valence-corrected chi connectivity index (χ4v) is 3.09. The van der Waals surface area contributed by atoms with Crippen LogP contribution in [0.3, 0.4) is 0 Å². The number of benzene rings is 1. The van der Waals surface area contributed by atoms with Gasteiger partial charge in [0.2, 0.25) is 0 Å². The van der Waals surface area contributed by atoms with Crippen LogP contribution >= 0.6 is 11.6 Å². The van der Waals surface area contributed by atoms with E-state index in [4.69, 9.17) is 11.6 Å². The van der Waals surface area contributed by atoms with E-state index < -0.39 is 5.91 Å². The van der Waals surface area contributed by atoms with Crippen LogP contribution < -0.4 is 5.32 Å². The average molecular weight is 318 g/mol. The van der Waals surface area contributed by atoms with Crippen molar-refractivity contribution in [3.05, 3.63) is 41.1 Å². The smallest absolute Gasteiger partial charge is 0.267 e. The Morgan fingerprint density at radius 1 is 1.41 bits per heavy atom. The highest BCUT2D eigenvalue weighted by Gasteiger charge is 2.21. The van der Waals surface area contributed by atoms with Crippen molar-refractivity contribution in [1.29, 1.82) is 5.26 Å². The van der Waals surface area contributed by atoms with Gasteiger partial charge in [-0.2, -0.15) is 5.26 Å². The summed E-state index contributed by atoms with van der Waals surface area (Å²) in [5.74, 6) is 0.725. The summed E-state index contributed by atoms with van der Waals surface area (Å²) in [5.41, 5.74) is 0.695. The SMILES string of the molecule is C[C@@H]1C[C@H](C)CN(/C=C(\C#N)C(=O)Nc2cccc(Cl)c2)C1. The highest BCUT2D eigenvalue weighted by molar-refractivity contribution is 6.31. The lowest BCUT2D eigenvalue weighted by Crippen LogP contribution is -2.35. The predicted octanol–water partition coefficient (Wildman–Crippen LogP) is 3.66. The van der Waals surface area contributed by atoms with Crippen molar-refractivity contribution in [2.45, 2.75) is 20.3 Å². The molecule has 0 aliphatic carbocycles. The Morgan fingerprint density at radius 3 is 2.68 bits per heavy atom. The van der Waals surface area contributed by atoms with Gasteiger partial charge in [-0.3, -0.25) is 4.79 Å². The van der Waals surface area contributed by atoms with Crippen LogP contribution in [0.4, 0.5) is 5.69 Å². The van der Waals surface area contributed by atoms with Gasteiger partial charge in [-0.1, -0.05) is 31.5 Å². The number of nitriles is 1. The Balaban J connectivity index is 2.08. The summed E-state index contributed by atoms with van der Waals surface area (Å²) >= 11 is 5.89. The van der Waals surface area contributed by atoms with E-state index in [0.717, 1.165) is 13.1 Å². The molecule has 4 nitrogen and oxygen atoms in total. The highest BCUT2D eigenvalue weighted by atomic mass is 35.5. The second-order valence-corrected chi connectivity index (χ2v) is 6.46. The molecule has 22 heavy (non-hydrogen) atoms. The van der Waals surface area contributed by atoms with Gasteiger partial charge in [0.15, 0.2) is 0 Å². The number of hydrogen-bond donors (Lipinski definition) is 1. The summed E-state index contributed by atoms with van der Waals surface area (Å²) in [6, 6.07) is 8.86. The van der Waals surface area contributed by atoms with E-state index in [0.29, 0.717) is 22.5 Å². The van der Waals surface area contributed by atoms with E-state index in [1.54, 1.807) is 30.5 Å². The average Bonchev–Trinajstić information content (AvgIpc) is 2.43. The number of anilines is 1. The first kappa shape index (κ1) is 16.4. The van der Waals surface area contributed by atoms with Gasteiger partial charge in [0.05, 0.1) is 0 Å². The summed E-state index contributed by atoms with van der Waals surface area (Å²) in [6.07, 6.45) is 2.85. The fraction of sp³-hybridized carbons (Fsp3) is 0.412.